The van der Waals surface area contributed by atoms with Gasteiger partial charge < -0.3 is 15.5 Å². The zero-order valence-corrected chi connectivity index (χ0v) is 18.5. The molecule has 2 aliphatic carbocycles. The molecule has 4 rings (SSSR count). The van der Waals surface area contributed by atoms with E-state index in [9.17, 15) is 32.2 Å². The van der Waals surface area contributed by atoms with Gasteiger partial charge in [-0.3, -0.25) is 4.79 Å². The van der Waals surface area contributed by atoms with E-state index in [0.717, 1.165) is 12.1 Å². The summed E-state index contributed by atoms with van der Waals surface area (Å²) >= 11 is 6.18. The fourth-order valence-corrected chi connectivity index (χ4v) is 7.34. The maximum atomic E-state index is 13.4. The van der Waals surface area contributed by atoms with E-state index >= 15 is 0 Å². The lowest BCUT2D eigenvalue weighted by Crippen LogP contribution is -2.50. The van der Waals surface area contributed by atoms with Gasteiger partial charge in [0.25, 0.3) is 5.91 Å². The molecule has 0 aliphatic heterocycles. The lowest BCUT2D eigenvalue weighted by molar-refractivity contribution is -0.0943. The number of amides is 1. The van der Waals surface area contributed by atoms with Crippen molar-refractivity contribution in [3.8, 4) is 0 Å². The lowest BCUT2D eigenvalue weighted by Gasteiger charge is -2.41. The molecule has 2 bridgehead atoms. The summed E-state index contributed by atoms with van der Waals surface area (Å²) in [5.41, 5.74) is -1.26. The molecule has 10 heteroatoms. The molecule has 2 aromatic rings. The number of nitrogens with one attached hydrogen (secondary N) is 1. The maximum absolute atomic E-state index is 13.4. The lowest BCUT2D eigenvalue weighted by atomic mass is 9.75. The fourth-order valence-electron chi connectivity index (χ4n) is 4.94. The van der Waals surface area contributed by atoms with Crippen LogP contribution in [-0.2, 0) is 9.84 Å². The Kier molecular flexibility index (Phi) is 6.04. The van der Waals surface area contributed by atoms with Crippen LogP contribution in [0.5, 0.6) is 0 Å². The van der Waals surface area contributed by atoms with Crippen LogP contribution in [0.4, 0.5) is 14.5 Å². The largest absolute Gasteiger partial charge is 0.393 e. The van der Waals surface area contributed by atoms with Crippen LogP contribution in [0.3, 0.4) is 0 Å². The summed E-state index contributed by atoms with van der Waals surface area (Å²) < 4.78 is 53.3. The molecular formula is C22H22ClF2NO5S. The second-order valence-corrected chi connectivity index (χ2v) is 11.1. The van der Waals surface area contributed by atoms with Gasteiger partial charge in [0.05, 0.1) is 27.4 Å². The average Bonchev–Trinajstić information content (AvgIpc) is 2.92. The van der Waals surface area contributed by atoms with E-state index in [1.165, 1.54) is 24.3 Å². The second kappa shape index (κ2) is 8.37. The highest BCUT2D eigenvalue weighted by Gasteiger charge is 2.55. The third-order valence-corrected chi connectivity index (χ3v) is 9.40. The van der Waals surface area contributed by atoms with Crippen LogP contribution in [0.1, 0.15) is 36.0 Å². The highest BCUT2D eigenvalue weighted by molar-refractivity contribution is 7.92. The highest BCUT2D eigenvalue weighted by atomic mass is 35.5. The van der Waals surface area contributed by atoms with Crippen molar-refractivity contribution < 1.29 is 32.2 Å². The topological polar surface area (TPSA) is 104 Å². The summed E-state index contributed by atoms with van der Waals surface area (Å²) in [7, 11) is -3.93. The Labute approximate surface area is 189 Å². The van der Waals surface area contributed by atoms with E-state index in [0.29, 0.717) is 12.8 Å². The van der Waals surface area contributed by atoms with E-state index in [4.69, 9.17) is 11.6 Å². The Bertz CT molecular complexity index is 1160. The number of hydrogen-bond acceptors (Lipinski definition) is 5. The van der Waals surface area contributed by atoms with Crippen LogP contribution in [0.25, 0.3) is 0 Å². The van der Waals surface area contributed by atoms with Crippen LogP contribution >= 0.6 is 11.6 Å². The Balaban J connectivity index is 1.59. The first-order valence-corrected chi connectivity index (χ1v) is 12.1. The van der Waals surface area contributed by atoms with Gasteiger partial charge in [-0.15, -0.1) is 0 Å². The van der Waals surface area contributed by atoms with E-state index < -0.39 is 44.8 Å². The van der Waals surface area contributed by atoms with Crippen LogP contribution in [0, 0.1) is 23.5 Å². The zero-order valence-electron chi connectivity index (χ0n) is 16.9. The molecule has 0 spiro atoms. The SMILES string of the molecule is O=C(Nc1ccc(F)c(F)c1)c1ccc(Cl)c(S(=O)(=O)[C@H]2CC3CCC(C2)[C@@]3(O)CO)c1. The van der Waals surface area contributed by atoms with Gasteiger partial charge in [0.2, 0.25) is 0 Å². The monoisotopic (exact) mass is 485 g/mol. The predicted octanol–water partition coefficient (Wildman–Crippen LogP) is 3.56. The number of rotatable bonds is 5. The molecule has 0 heterocycles. The molecule has 172 valence electrons. The molecule has 1 amide bonds. The summed E-state index contributed by atoms with van der Waals surface area (Å²) in [6.45, 7) is -0.407. The van der Waals surface area contributed by atoms with Gasteiger partial charge >= 0.3 is 0 Å². The van der Waals surface area contributed by atoms with Crippen molar-refractivity contribution >= 4 is 33.0 Å². The Morgan fingerprint density at radius 2 is 1.75 bits per heavy atom. The number of sulfone groups is 1. The van der Waals surface area contributed by atoms with Crippen molar-refractivity contribution in [1.82, 2.24) is 0 Å². The summed E-state index contributed by atoms with van der Waals surface area (Å²) in [5.74, 6) is -3.55. The van der Waals surface area contributed by atoms with Gasteiger partial charge in [0.1, 0.15) is 0 Å². The smallest absolute Gasteiger partial charge is 0.255 e. The number of aliphatic hydroxyl groups is 2. The van der Waals surface area contributed by atoms with Gasteiger partial charge in [0, 0.05) is 17.3 Å². The second-order valence-electron chi connectivity index (χ2n) is 8.49. The molecule has 2 unspecified atom stereocenters. The van der Waals surface area contributed by atoms with Gasteiger partial charge in [-0.1, -0.05) is 11.6 Å². The zero-order chi connectivity index (χ0) is 23.3. The van der Waals surface area contributed by atoms with Crippen molar-refractivity contribution in [2.75, 3.05) is 11.9 Å². The number of halogens is 3. The highest BCUT2D eigenvalue weighted by Crippen LogP contribution is 2.51. The van der Waals surface area contributed by atoms with Crippen molar-refractivity contribution in [2.45, 2.75) is 41.4 Å². The Morgan fingerprint density at radius 1 is 1.09 bits per heavy atom. The number of aliphatic hydroxyl groups excluding tert-OH is 1. The maximum Gasteiger partial charge on any atom is 0.255 e. The molecule has 2 saturated carbocycles. The van der Waals surface area contributed by atoms with E-state index in [1.54, 1.807) is 0 Å². The molecule has 0 radical (unpaired) electrons. The van der Waals surface area contributed by atoms with E-state index in [1.807, 2.05) is 0 Å². The standard InChI is InChI=1S/C22H22ClF2NO5S/c23-17-5-1-12(21(28)26-15-4-6-18(24)19(25)10-15)7-20(17)32(30,31)16-8-13-2-3-14(9-16)22(13,29)11-27/h1,4-7,10,13-14,16,27,29H,2-3,8-9,11H2,(H,26,28)/t13?,14?,16-,22+. The summed E-state index contributed by atoms with van der Waals surface area (Å²) in [6, 6.07) is 6.68. The van der Waals surface area contributed by atoms with Gasteiger partial charge in [-0.05, 0) is 67.9 Å². The Hall–Kier alpha value is -2.07. The van der Waals surface area contributed by atoms with Crippen molar-refractivity contribution in [3.05, 3.63) is 58.6 Å². The number of benzene rings is 2. The first-order valence-electron chi connectivity index (χ1n) is 10.2. The van der Waals surface area contributed by atoms with Crippen LogP contribution in [0.15, 0.2) is 41.3 Å². The number of fused-ring (bicyclic) bond motifs is 2. The molecule has 6 nitrogen and oxygen atoms in total. The normalized spacial score (nSPS) is 27.3. The molecule has 2 atom stereocenters. The van der Waals surface area contributed by atoms with Gasteiger partial charge in [0.15, 0.2) is 21.5 Å². The van der Waals surface area contributed by atoms with Gasteiger partial charge in [-0.2, -0.15) is 0 Å². The fraction of sp³-hybridized carbons (Fsp3) is 0.409. The van der Waals surface area contributed by atoms with Crippen LogP contribution in [-0.4, -0.2) is 42.0 Å². The quantitative estimate of drug-likeness (QED) is 0.601. The first kappa shape index (κ1) is 23.1. The van der Waals surface area contributed by atoms with Crippen molar-refractivity contribution in [3.63, 3.8) is 0 Å². The summed E-state index contributed by atoms with van der Waals surface area (Å²) in [6.07, 6.45) is 1.66. The number of anilines is 1. The molecule has 3 N–H and O–H groups in total. The van der Waals surface area contributed by atoms with Crippen LogP contribution < -0.4 is 5.32 Å². The molecule has 2 aromatic carbocycles. The number of carbonyl (C=O) groups excluding carboxylic acids is 1. The molecule has 2 aliphatic rings. The average molecular weight is 486 g/mol. The van der Waals surface area contributed by atoms with Crippen molar-refractivity contribution in [2.24, 2.45) is 11.8 Å². The van der Waals surface area contributed by atoms with E-state index in [2.05, 4.69) is 5.32 Å². The Morgan fingerprint density at radius 3 is 2.34 bits per heavy atom. The minimum absolute atomic E-state index is 0.0108. The third-order valence-electron chi connectivity index (χ3n) is 6.74. The predicted molar refractivity (Wildman–Crippen MR) is 114 cm³/mol. The molecule has 2 fully saturated rings. The molecule has 0 aromatic heterocycles. The van der Waals surface area contributed by atoms with Crippen molar-refractivity contribution in [1.29, 1.82) is 0 Å². The molecular weight excluding hydrogens is 464 g/mol. The van der Waals surface area contributed by atoms with Crippen LogP contribution in [0.2, 0.25) is 5.02 Å². The minimum Gasteiger partial charge on any atom is -0.393 e. The minimum atomic E-state index is -3.93. The van der Waals surface area contributed by atoms with Gasteiger partial charge in [-0.25, -0.2) is 17.2 Å². The summed E-state index contributed by atoms with van der Waals surface area (Å²) in [4.78, 5) is 12.4. The number of hydrogen-bond donors (Lipinski definition) is 3. The molecule has 32 heavy (non-hydrogen) atoms. The van der Waals surface area contributed by atoms with E-state index in [-0.39, 0.29) is 45.8 Å². The third kappa shape index (κ3) is 3.91. The molecule has 0 saturated heterocycles. The number of carbonyl (C=O) groups is 1. The summed E-state index contributed by atoms with van der Waals surface area (Å²) in [5, 5.41) is 21.9. The first-order chi connectivity index (χ1) is 15.1.